The van der Waals surface area contributed by atoms with E-state index in [-0.39, 0.29) is 23.6 Å². The standard InChI is InChI=1S/C27H26F2N2O3/c1-19(23-12-8-13-24(17-23)30-20(2)32)31(18-21-9-4-3-5-10-21)26(33)16-15-22-11-6-7-14-25(22)34-27(28)29/h3-17,19,27H,18H2,1-2H3,(H,30,32)/b16-15+. The Balaban J connectivity index is 1.89. The van der Waals surface area contributed by atoms with Gasteiger partial charge in [0.2, 0.25) is 11.8 Å². The number of carbonyl (C=O) groups is 2. The van der Waals surface area contributed by atoms with Gasteiger partial charge in [0.15, 0.2) is 0 Å². The van der Waals surface area contributed by atoms with Crippen LogP contribution in [0.25, 0.3) is 6.08 Å². The van der Waals surface area contributed by atoms with Crippen molar-refractivity contribution in [3.63, 3.8) is 0 Å². The first-order valence-corrected chi connectivity index (χ1v) is 10.8. The summed E-state index contributed by atoms with van der Waals surface area (Å²) in [5.74, 6) is -0.491. The Morgan fingerprint density at radius 3 is 2.41 bits per heavy atom. The second-order valence-corrected chi connectivity index (χ2v) is 7.68. The Kier molecular flexibility index (Phi) is 8.51. The van der Waals surface area contributed by atoms with E-state index in [1.165, 1.54) is 25.1 Å². The molecule has 2 amide bonds. The molecule has 7 heteroatoms. The number of para-hydroxylation sites is 1. The Hall–Kier alpha value is -4.00. The van der Waals surface area contributed by atoms with Crippen LogP contribution in [0.3, 0.4) is 0 Å². The van der Waals surface area contributed by atoms with Crippen LogP contribution in [0.2, 0.25) is 0 Å². The zero-order chi connectivity index (χ0) is 24.5. The summed E-state index contributed by atoms with van der Waals surface area (Å²) in [7, 11) is 0. The summed E-state index contributed by atoms with van der Waals surface area (Å²) >= 11 is 0. The van der Waals surface area contributed by atoms with Crippen molar-refractivity contribution in [3.8, 4) is 5.75 Å². The van der Waals surface area contributed by atoms with Gasteiger partial charge in [-0.15, -0.1) is 0 Å². The molecule has 3 aromatic rings. The third kappa shape index (κ3) is 7.00. The fourth-order valence-corrected chi connectivity index (χ4v) is 3.52. The van der Waals surface area contributed by atoms with Gasteiger partial charge in [0, 0.05) is 30.8 Å². The number of ether oxygens (including phenoxy) is 1. The number of anilines is 1. The molecule has 0 fully saturated rings. The summed E-state index contributed by atoms with van der Waals surface area (Å²) in [4.78, 5) is 26.4. The van der Waals surface area contributed by atoms with E-state index in [0.717, 1.165) is 11.1 Å². The lowest BCUT2D eigenvalue weighted by atomic mass is 10.0. The molecule has 3 aromatic carbocycles. The zero-order valence-corrected chi connectivity index (χ0v) is 18.9. The van der Waals surface area contributed by atoms with Crippen molar-refractivity contribution >= 4 is 23.6 Å². The van der Waals surface area contributed by atoms with Crippen molar-refractivity contribution in [2.75, 3.05) is 5.32 Å². The van der Waals surface area contributed by atoms with Crippen LogP contribution in [0.1, 0.15) is 36.6 Å². The van der Waals surface area contributed by atoms with E-state index in [9.17, 15) is 18.4 Å². The molecule has 0 aromatic heterocycles. The molecule has 0 aliphatic carbocycles. The average molecular weight is 465 g/mol. The van der Waals surface area contributed by atoms with E-state index in [1.807, 2.05) is 55.5 Å². The van der Waals surface area contributed by atoms with Crippen molar-refractivity contribution in [1.29, 1.82) is 0 Å². The first kappa shape index (κ1) is 24.6. The average Bonchev–Trinajstić information content (AvgIpc) is 2.81. The van der Waals surface area contributed by atoms with Crippen molar-refractivity contribution in [1.82, 2.24) is 4.90 Å². The summed E-state index contributed by atoms with van der Waals surface area (Å²) < 4.78 is 30.0. The van der Waals surface area contributed by atoms with Crippen molar-refractivity contribution in [3.05, 3.63) is 102 Å². The molecular formula is C27H26F2N2O3. The van der Waals surface area contributed by atoms with Crippen LogP contribution in [0.5, 0.6) is 5.75 Å². The first-order chi connectivity index (χ1) is 16.3. The van der Waals surface area contributed by atoms with Gasteiger partial charge in [0.25, 0.3) is 0 Å². The number of benzene rings is 3. The fraction of sp³-hybridized carbons (Fsp3) is 0.185. The van der Waals surface area contributed by atoms with E-state index in [0.29, 0.717) is 17.8 Å². The largest absolute Gasteiger partial charge is 0.434 e. The van der Waals surface area contributed by atoms with E-state index in [1.54, 1.807) is 29.2 Å². The van der Waals surface area contributed by atoms with E-state index in [4.69, 9.17) is 0 Å². The minimum atomic E-state index is -2.96. The van der Waals surface area contributed by atoms with Crippen LogP contribution in [-0.4, -0.2) is 23.3 Å². The molecule has 0 bridgehead atoms. The highest BCUT2D eigenvalue weighted by atomic mass is 19.3. The molecule has 34 heavy (non-hydrogen) atoms. The first-order valence-electron chi connectivity index (χ1n) is 10.8. The van der Waals surface area contributed by atoms with Crippen molar-refractivity contribution in [2.45, 2.75) is 33.0 Å². The number of hydrogen-bond donors (Lipinski definition) is 1. The maximum absolute atomic E-state index is 13.3. The summed E-state index contributed by atoms with van der Waals surface area (Å²) in [5, 5.41) is 2.75. The summed E-state index contributed by atoms with van der Waals surface area (Å²) in [6.45, 7) is 0.706. The van der Waals surface area contributed by atoms with Crippen LogP contribution in [0.15, 0.2) is 84.9 Å². The topological polar surface area (TPSA) is 58.6 Å². The van der Waals surface area contributed by atoms with Gasteiger partial charge in [-0.3, -0.25) is 9.59 Å². The highest BCUT2D eigenvalue weighted by Crippen LogP contribution is 2.26. The van der Waals surface area contributed by atoms with Crippen molar-refractivity contribution < 1.29 is 23.1 Å². The fourth-order valence-electron chi connectivity index (χ4n) is 3.52. The second kappa shape index (κ2) is 11.7. The molecule has 0 aliphatic rings. The minimum absolute atomic E-state index is 0.00721. The van der Waals surface area contributed by atoms with Crippen LogP contribution in [0.4, 0.5) is 14.5 Å². The number of hydrogen-bond acceptors (Lipinski definition) is 3. The third-order valence-electron chi connectivity index (χ3n) is 5.18. The number of halogens is 2. The molecule has 0 aliphatic heterocycles. The molecule has 0 spiro atoms. The van der Waals surface area contributed by atoms with Crippen LogP contribution >= 0.6 is 0 Å². The Bertz CT molecular complexity index is 1150. The van der Waals surface area contributed by atoms with Gasteiger partial charge in [-0.1, -0.05) is 60.7 Å². The predicted molar refractivity (Wildman–Crippen MR) is 128 cm³/mol. The molecule has 0 saturated heterocycles. The van der Waals surface area contributed by atoms with Gasteiger partial charge in [-0.25, -0.2) is 0 Å². The highest BCUT2D eigenvalue weighted by molar-refractivity contribution is 5.92. The molecule has 0 heterocycles. The monoisotopic (exact) mass is 464 g/mol. The Labute approximate surface area is 197 Å². The number of nitrogens with one attached hydrogen (secondary N) is 1. The van der Waals surface area contributed by atoms with E-state index >= 15 is 0 Å². The SMILES string of the molecule is CC(=O)Nc1cccc(C(C)N(Cc2ccccc2)C(=O)/C=C/c2ccccc2OC(F)F)c1. The van der Waals surface area contributed by atoms with Gasteiger partial charge < -0.3 is 15.0 Å². The number of carbonyl (C=O) groups excluding carboxylic acids is 2. The number of amides is 2. The molecule has 3 rings (SSSR count). The third-order valence-corrected chi connectivity index (χ3v) is 5.18. The van der Waals surface area contributed by atoms with Gasteiger partial charge in [-0.05, 0) is 42.3 Å². The second-order valence-electron chi connectivity index (χ2n) is 7.68. The molecule has 176 valence electrons. The zero-order valence-electron chi connectivity index (χ0n) is 18.9. The Morgan fingerprint density at radius 1 is 1.00 bits per heavy atom. The van der Waals surface area contributed by atoms with Crippen LogP contribution in [-0.2, 0) is 16.1 Å². The van der Waals surface area contributed by atoms with Gasteiger partial charge in [-0.2, -0.15) is 8.78 Å². The van der Waals surface area contributed by atoms with Crippen molar-refractivity contribution in [2.24, 2.45) is 0 Å². The Morgan fingerprint density at radius 2 is 1.71 bits per heavy atom. The van der Waals surface area contributed by atoms with Crippen LogP contribution in [0, 0.1) is 0 Å². The maximum atomic E-state index is 13.3. The lowest BCUT2D eigenvalue weighted by Crippen LogP contribution is -2.32. The molecular weight excluding hydrogens is 438 g/mol. The lowest BCUT2D eigenvalue weighted by Gasteiger charge is -2.29. The summed E-state index contributed by atoms with van der Waals surface area (Å²) in [5.41, 5.74) is 2.79. The smallest absolute Gasteiger partial charge is 0.387 e. The molecule has 5 nitrogen and oxygen atoms in total. The number of nitrogens with zero attached hydrogens (tertiary/aromatic N) is 1. The lowest BCUT2D eigenvalue weighted by molar-refractivity contribution is -0.128. The van der Waals surface area contributed by atoms with Crippen LogP contribution < -0.4 is 10.1 Å². The molecule has 1 N–H and O–H groups in total. The molecule has 0 saturated carbocycles. The quantitative estimate of drug-likeness (QED) is 0.392. The molecule has 1 atom stereocenters. The number of alkyl halides is 2. The predicted octanol–water partition coefficient (Wildman–Crippen LogP) is 6.05. The van der Waals surface area contributed by atoms with E-state index < -0.39 is 6.61 Å². The maximum Gasteiger partial charge on any atom is 0.387 e. The normalized spacial score (nSPS) is 11.9. The van der Waals surface area contributed by atoms with Gasteiger partial charge in [0.05, 0.1) is 6.04 Å². The summed E-state index contributed by atoms with van der Waals surface area (Å²) in [6.07, 6.45) is 2.82. The molecule has 0 radical (unpaired) electrons. The van der Waals surface area contributed by atoms with Gasteiger partial charge in [0.1, 0.15) is 5.75 Å². The van der Waals surface area contributed by atoms with E-state index in [2.05, 4.69) is 10.1 Å². The minimum Gasteiger partial charge on any atom is -0.434 e. The highest BCUT2D eigenvalue weighted by Gasteiger charge is 2.21. The molecule has 1 unspecified atom stereocenters. The summed E-state index contributed by atoms with van der Waals surface area (Å²) in [6, 6.07) is 22.8. The number of rotatable bonds is 9. The van der Waals surface area contributed by atoms with Gasteiger partial charge >= 0.3 is 6.61 Å².